The molecule has 0 aliphatic rings. The highest BCUT2D eigenvalue weighted by Gasteiger charge is 2.09. The van der Waals surface area contributed by atoms with E-state index in [0.717, 1.165) is 0 Å². The minimum atomic E-state index is -0.223. The van der Waals surface area contributed by atoms with Gasteiger partial charge in [0, 0.05) is 12.1 Å². The van der Waals surface area contributed by atoms with Crippen LogP contribution in [0.3, 0.4) is 0 Å². The molecule has 0 atom stereocenters. The van der Waals surface area contributed by atoms with Crippen molar-refractivity contribution in [3.8, 4) is 0 Å². The number of rotatable bonds is 4. The van der Waals surface area contributed by atoms with E-state index in [1.807, 2.05) is 29.5 Å². The highest BCUT2D eigenvalue weighted by Crippen LogP contribution is 2.15. The average Bonchev–Trinajstić information content (AvgIpc) is 2.90. The van der Waals surface area contributed by atoms with Crippen LogP contribution in [0.15, 0.2) is 40.5 Å². The van der Waals surface area contributed by atoms with Crippen molar-refractivity contribution in [3.63, 3.8) is 0 Å². The quantitative estimate of drug-likeness (QED) is 0.806. The number of thiophene rings is 1. The molecule has 0 bridgehead atoms. The first-order valence-electron chi connectivity index (χ1n) is 6.52. The molecule has 0 spiro atoms. The van der Waals surface area contributed by atoms with E-state index in [4.69, 9.17) is 0 Å². The number of hydrogen-bond acceptors (Lipinski definition) is 4. The fourth-order valence-corrected chi connectivity index (χ4v) is 2.95. The van der Waals surface area contributed by atoms with Crippen LogP contribution in [0.4, 0.5) is 4.39 Å². The number of nitrogens with one attached hydrogen (secondary N) is 1. The van der Waals surface area contributed by atoms with Crippen LogP contribution in [0.5, 0.6) is 0 Å². The van der Waals surface area contributed by atoms with E-state index >= 15 is 0 Å². The van der Waals surface area contributed by atoms with Crippen LogP contribution in [0.2, 0.25) is 0 Å². The Morgan fingerprint density at radius 2 is 2.10 bits per heavy atom. The second-order valence-electron chi connectivity index (χ2n) is 4.91. The lowest BCUT2D eigenvalue weighted by Gasteiger charge is -2.16. The summed E-state index contributed by atoms with van der Waals surface area (Å²) in [6, 6.07) is 8.51. The summed E-state index contributed by atoms with van der Waals surface area (Å²) in [5.41, 5.74) is 1.21. The standard InChI is InChI=1S/C15H14FN3OS/c1-19(8-10-4-2-3-5-11(10)16)9-13-17-12-6-7-21-14(12)15(20)18-13/h2-7H,8-9H2,1H3,(H,17,18,20). The highest BCUT2D eigenvalue weighted by atomic mass is 32.1. The highest BCUT2D eigenvalue weighted by molar-refractivity contribution is 7.17. The van der Waals surface area contributed by atoms with Gasteiger partial charge >= 0.3 is 0 Å². The smallest absolute Gasteiger partial charge is 0.268 e. The molecule has 0 saturated carbocycles. The molecular formula is C15H14FN3OS. The SMILES string of the molecule is CN(Cc1nc2ccsc2c(=O)[nH]1)Cc1ccccc1F. The van der Waals surface area contributed by atoms with Crippen LogP contribution < -0.4 is 5.56 Å². The molecule has 1 aromatic carbocycles. The Morgan fingerprint density at radius 1 is 1.29 bits per heavy atom. The third-order valence-electron chi connectivity index (χ3n) is 3.18. The van der Waals surface area contributed by atoms with Crippen LogP contribution in [0.25, 0.3) is 10.2 Å². The topological polar surface area (TPSA) is 49.0 Å². The minimum absolute atomic E-state index is 0.121. The number of benzene rings is 1. The van der Waals surface area contributed by atoms with Crippen LogP contribution in [0, 0.1) is 5.82 Å². The molecule has 2 aromatic heterocycles. The van der Waals surface area contributed by atoms with E-state index in [2.05, 4.69) is 9.97 Å². The largest absolute Gasteiger partial charge is 0.308 e. The maximum Gasteiger partial charge on any atom is 0.268 e. The fraction of sp³-hybridized carbons (Fsp3) is 0.200. The first-order chi connectivity index (χ1) is 10.1. The third-order valence-corrected chi connectivity index (χ3v) is 4.08. The van der Waals surface area contributed by atoms with E-state index in [1.54, 1.807) is 12.1 Å². The van der Waals surface area contributed by atoms with E-state index in [1.165, 1.54) is 17.4 Å². The van der Waals surface area contributed by atoms with Gasteiger partial charge in [0.2, 0.25) is 0 Å². The first kappa shape index (κ1) is 13.9. The van der Waals surface area contributed by atoms with Crippen LogP contribution in [0.1, 0.15) is 11.4 Å². The molecule has 3 aromatic rings. The molecule has 2 heterocycles. The number of nitrogens with zero attached hydrogens (tertiary/aromatic N) is 2. The van der Waals surface area contributed by atoms with E-state index in [9.17, 15) is 9.18 Å². The van der Waals surface area contributed by atoms with Crippen molar-refractivity contribution in [1.82, 2.24) is 14.9 Å². The number of H-pyrrole nitrogens is 1. The fourth-order valence-electron chi connectivity index (χ4n) is 2.23. The normalized spacial score (nSPS) is 11.4. The molecule has 1 N–H and O–H groups in total. The molecule has 0 unspecified atom stereocenters. The Balaban J connectivity index is 1.78. The van der Waals surface area contributed by atoms with Gasteiger partial charge in [0.15, 0.2) is 0 Å². The van der Waals surface area contributed by atoms with E-state index in [-0.39, 0.29) is 11.4 Å². The molecular weight excluding hydrogens is 289 g/mol. The summed E-state index contributed by atoms with van der Waals surface area (Å²) in [5, 5.41) is 1.85. The molecule has 0 aliphatic heterocycles. The van der Waals surface area contributed by atoms with Crippen molar-refractivity contribution < 1.29 is 4.39 Å². The second kappa shape index (κ2) is 5.75. The van der Waals surface area contributed by atoms with Gasteiger partial charge in [-0.15, -0.1) is 11.3 Å². The summed E-state index contributed by atoms with van der Waals surface area (Å²) in [6.45, 7) is 0.910. The zero-order valence-corrected chi connectivity index (χ0v) is 12.3. The predicted octanol–water partition coefficient (Wildman–Crippen LogP) is 2.76. The van der Waals surface area contributed by atoms with Crippen molar-refractivity contribution in [2.24, 2.45) is 0 Å². The Labute approximate surface area is 124 Å². The van der Waals surface area contributed by atoms with Crippen molar-refractivity contribution in [2.45, 2.75) is 13.1 Å². The summed E-state index contributed by atoms with van der Waals surface area (Å²) in [5.74, 6) is 0.365. The van der Waals surface area contributed by atoms with Gasteiger partial charge in [-0.2, -0.15) is 0 Å². The number of hydrogen-bond donors (Lipinski definition) is 1. The van der Waals surface area contributed by atoms with Crippen LogP contribution in [-0.4, -0.2) is 21.9 Å². The van der Waals surface area contributed by atoms with Crippen molar-refractivity contribution >= 4 is 21.6 Å². The van der Waals surface area contributed by atoms with Gasteiger partial charge in [-0.1, -0.05) is 18.2 Å². The Morgan fingerprint density at radius 3 is 2.90 bits per heavy atom. The summed E-state index contributed by atoms with van der Waals surface area (Å²) in [4.78, 5) is 21.0. The first-order valence-corrected chi connectivity index (χ1v) is 7.40. The third kappa shape index (κ3) is 3.01. The molecule has 0 amide bonds. The minimum Gasteiger partial charge on any atom is -0.308 e. The molecule has 0 fully saturated rings. The maximum absolute atomic E-state index is 13.6. The van der Waals surface area contributed by atoms with Gasteiger partial charge < -0.3 is 4.98 Å². The lowest BCUT2D eigenvalue weighted by molar-refractivity contribution is 0.305. The van der Waals surface area contributed by atoms with Gasteiger partial charge in [-0.25, -0.2) is 9.37 Å². The van der Waals surface area contributed by atoms with Gasteiger partial charge in [0.05, 0.1) is 12.1 Å². The van der Waals surface area contributed by atoms with Crippen molar-refractivity contribution in [2.75, 3.05) is 7.05 Å². The van der Waals surface area contributed by atoms with Gasteiger partial charge in [-0.3, -0.25) is 9.69 Å². The molecule has 4 nitrogen and oxygen atoms in total. The average molecular weight is 303 g/mol. The van der Waals surface area contributed by atoms with Crippen molar-refractivity contribution in [1.29, 1.82) is 0 Å². The summed E-state index contributed by atoms with van der Waals surface area (Å²) in [7, 11) is 1.87. The van der Waals surface area contributed by atoms with Crippen LogP contribution >= 0.6 is 11.3 Å². The number of halogens is 1. The monoisotopic (exact) mass is 303 g/mol. The molecule has 0 aliphatic carbocycles. The Kier molecular flexibility index (Phi) is 3.81. The lowest BCUT2D eigenvalue weighted by atomic mass is 10.2. The predicted molar refractivity (Wildman–Crippen MR) is 81.8 cm³/mol. The number of aromatic nitrogens is 2. The number of aromatic amines is 1. The van der Waals surface area contributed by atoms with Gasteiger partial charge in [0.25, 0.3) is 5.56 Å². The lowest BCUT2D eigenvalue weighted by Crippen LogP contribution is -2.22. The summed E-state index contributed by atoms with van der Waals surface area (Å²) < 4.78 is 14.3. The number of fused-ring (bicyclic) bond motifs is 1. The Bertz CT molecular complexity index is 827. The van der Waals surface area contributed by atoms with Gasteiger partial charge in [0.1, 0.15) is 16.3 Å². The summed E-state index contributed by atoms with van der Waals surface area (Å²) >= 11 is 1.38. The summed E-state index contributed by atoms with van der Waals surface area (Å²) in [6.07, 6.45) is 0. The van der Waals surface area contributed by atoms with Gasteiger partial charge in [-0.05, 0) is 24.6 Å². The zero-order chi connectivity index (χ0) is 14.8. The van der Waals surface area contributed by atoms with Crippen LogP contribution in [-0.2, 0) is 13.1 Å². The molecule has 6 heteroatoms. The maximum atomic E-state index is 13.6. The second-order valence-corrected chi connectivity index (χ2v) is 5.83. The molecule has 3 rings (SSSR count). The molecule has 21 heavy (non-hydrogen) atoms. The van der Waals surface area contributed by atoms with E-state index < -0.39 is 0 Å². The molecule has 0 saturated heterocycles. The molecule has 0 radical (unpaired) electrons. The van der Waals surface area contributed by atoms with Crippen molar-refractivity contribution in [3.05, 3.63) is 63.3 Å². The zero-order valence-electron chi connectivity index (χ0n) is 11.5. The Hall–Kier alpha value is -2.05. The van der Waals surface area contributed by atoms with E-state index in [0.29, 0.717) is 34.7 Å². The molecule has 108 valence electrons.